The summed E-state index contributed by atoms with van der Waals surface area (Å²) in [7, 11) is 0. The third kappa shape index (κ3) is 7.33. The minimum Gasteiger partial charge on any atom is -0.480 e. The largest absolute Gasteiger partial charge is 0.480 e. The normalized spacial score (nSPS) is 27.1. The molecule has 0 radical (unpaired) electrons. The first-order valence-corrected chi connectivity index (χ1v) is 12.1. The number of H-pyrrole nitrogens is 2. The number of aliphatic hydroxyl groups is 5. The Morgan fingerprint density at radius 2 is 1.70 bits per heavy atom. The summed E-state index contributed by atoms with van der Waals surface area (Å²) in [6, 6.07) is 0.583. The van der Waals surface area contributed by atoms with Gasteiger partial charge in [0.2, 0.25) is 17.7 Å². The molecule has 242 valence electrons. The Kier molecular flexibility index (Phi) is 10.7. The van der Waals surface area contributed by atoms with E-state index in [0.29, 0.717) is 10.8 Å². The average Bonchev–Trinajstić information content (AvgIpc) is 3.37. The number of hydrogen-bond donors (Lipinski definition) is 10. The summed E-state index contributed by atoms with van der Waals surface area (Å²) < 4.78 is 50.8. The van der Waals surface area contributed by atoms with Crippen LogP contribution in [0.1, 0.15) is 12.5 Å². The molecule has 7 atom stereocenters. The summed E-state index contributed by atoms with van der Waals surface area (Å²) >= 11 is 0. The Bertz CT molecular complexity index is 1670. The number of rotatable bonds is 4. The van der Waals surface area contributed by atoms with Gasteiger partial charge in [-0.25, -0.2) is 14.6 Å². The summed E-state index contributed by atoms with van der Waals surface area (Å²) in [6.07, 6.45) is -7.57. The predicted molar refractivity (Wildman–Crippen MR) is 133 cm³/mol. The quantitative estimate of drug-likeness (QED) is 0.128. The smallest absolute Gasteiger partial charge is 0.351 e. The minimum atomic E-state index is -3.71. The Morgan fingerprint density at radius 3 is 2.20 bits per heavy atom. The van der Waals surface area contributed by atoms with Gasteiger partial charge in [0.15, 0.2) is 12.3 Å². The molecule has 11 N–H and O–H groups in total. The Hall–Kier alpha value is -4.52. The number of nitrogens with zero attached hydrogens (tertiary/aromatic N) is 5. The van der Waals surface area contributed by atoms with Gasteiger partial charge in [-0.1, -0.05) is 0 Å². The number of nitrogen functional groups attached to an aromatic ring is 1. The van der Waals surface area contributed by atoms with Gasteiger partial charge in [0.25, 0.3) is 5.56 Å². The van der Waals surface area contributed by atoms with Crippen LogP contribution in [0.3, 0.4) is 0 Å². The molecular formula is C21H26F3N9O11. The van der Waals surface area contributed by atoms with Crippen molar-refractivity contribution in [1.82, 2.24) is 34.1 Å². The molecule has 0 aliphatic carbocycles. The summed E-state index contributed by atoms with van der Waals surface area (Å²) in [5, 5.41) is 62.8. The monoisotopic (exact) mass is 637 g/mol. The van der Waals surface area contributed by atoms with Crippen LogP contribution in [0.15, 0.2) is 39.2 Å². The first-order chi connectivity index (χ1) is 20.6. The second kappa shape index (κ2) is 13.8. The van der Waals surface area contributed by atoms with E-state index in [9.17, 15) is 48.0 Å². The molecule has 5 heterocycles. The number of nitrogens with one attached hydrogen (secondary N) is 3. The lowest BCUT2D eigenvalue weighted by Gasteiger charge is -2.20. The van der Waals surface area contributed by atoms with Crippen molar-refractivity contribution in [2.45, 2.75) is 48.9 Å². The van der Waals surface area contributed by atoms with E-state index in [0.717, 1.165) is 23.2 Å². The van der Waals surface area contributed by atoms with E-state index in [2.05, 4.69) is 15.0 Å². The van der Waals surface area contributed by atoms with Crippen molar-refractivity contribution in [3.63, 3.8) is 0 Å². The van der Waals surface area contributed by atoms with Crippen molar-refractivity contribution in [3.8, 4) is 6.01 Å². The minimum absolute atomic E-state index is 0.114. The first-order valence-electron chi connectivity index (χ1n) is 12.1. The van der Waals surface area contributed by atoms with E-state index in [4.69, 9.17) is 30.8 Å². The van der Waals surface area contributed by atoms with Gasteiger partial charge in [0.05, 0.1) is 13.2 Å². The molecule has 5 rings (SSSR count). The van der Waals surface area contributed by atoms with E-state index >= 15 is 0 Å². The third-order valence-corrected chi connectivity index (χ3v) is 5.97. The summed E-state index contributed by atoms with van der Waals surface area (Å²) in [6.45, 7) is -1.25. The molecule has 2 aliphatic rings. The number of ether oxygens (including phenoxy) is 2. The number of aliphatic hydroxyl groups excluding tert-OH is 5. The molecule has 0 aromatic carbocycles. The molecule has 2 saturated heterocycles. The van der Waals surface area contributed by atoms with Crippen molar-refractivity contribution in [3.05, 3.63) is 67.5 Å². The van der Waals surface area contributed by atoms with E-state index < -0.39 is 90.9 Å². The molecule has 44 heavy (non-hydrogen) atoms. The summed E-state index contributed by atoms with van der Waals surface area (Å²) in [5.74, 6) is -4.82. The van der Waals surface area contributed by atoms with E-state index in [1.165, 1.54) is 0 Å². The highest BCUT2D eigenvalue weighted by Gasteiger charge is 2.59. The van der Waals surface area contributed by atoms with E-state index in [1.54, 1.807) is 4.98 Å². The molecule has 20 nitrogen and oxygen atoms in total. The number of aromatic hydroxyl groups is 1. The van der Waals surface area contributed by atoms with Gasteiger partial charge < -0.3 is 50.8 Å². The second-order valence-electron chi connectivity index (χ2n) is 8.91. The number of aromatic amines is 2. The Labute approximate surface area is 240 Å². The number of anilines is 1. The molecule has 0 spiro atoms. The molecule has 2 fully saturated rings. The van der Waals surface area contributed by atoms with Crippen molar-refractivity contribution in [2.75, 3.05) is 18.9 Å². The highest BCUT2D eigenvalue weighted by atomic mass is 19.3. The average molecular weight is 637 g/mol. The molecular weight excluding hydrogens is 611 g/mol. The maximum atomic E-state index is 13.7. The molecule has 0 unspecified atom stereocenters. The number of hydrogen-bond acceptors (Lipinski definition) is 16. The topological polar surface area (TPSA) is 321 Å². The molecule has 3 aromatic rings. The van der Waals surface area contributed by atoms with Crippen LogP contribution in [0, 0.1) is 11.2 Å². The van der Waals surface area contributed by atoms with Crippen LogP contribution in [0.2, 0.25) is 0 Å². The van der Waals surface area contributed by atoms with Crippen LogP contribution >= 0.6 is 0 Å². The maximum absolute atomic E-state index is 13.7. The molecule has 0 amide bonds. The van der Waals surface area contributed by atoms with Gasteiger partial charge in [-0.05, 0) is 6.07 Å². The van der Waals surface area contributed by atoms with Crippen LogP contribution in [0.4, 0.5) is 19.0 Å². The fraction of sp³-hybridized carbons (Fsp3) is 0.476. The first kappa shape index (κ1) is 34.0. The lowest BCUT2D eigenvalue weighted by Crippen LogP contribution is -2.41. The van der Waals surface area contributed by atoms with E-state index in [-0.39, 0.29) is 11.4 Å². The van der Waals surface area contributed by atoms with Crippen molar-refractivity contribution in [2.24, 2.45) is 0 Å². The summed E-state index contributed by atoms with van der Waals surface area (Å²) in [5.41, 5.74) is 2.12. The number of aromatic nitrogens is 7. The standard InChI is InChI=1S/C9H11F2N3O4.C8H12N4O5.C4H3FN2O2/c10-9(11)6(16)4(3-15)18-7(9)14-2-1-5(12)13-8(14)17;9-7-10-2-12(8(16)11-7)6-5(15)4(14)3(1-13)17-6;5-2-1-6-4(9)7-3(2)8/h1-2,4,6-7,15-16H,3H2,(H2,12,13,17);2-6,13-15H,1H2,(H2,9,11,16);1H,(H2,6,7,8,9)/t4-,6-,7-;3-,4-,5+,6-;/m11./s1. The fourth-order valence-electron chi connectivity index (χ4n) is 3.76. The lowest BCUT2D eigenvalue weighted by atomic mass is 10.1. The highest BCUT2D eigenvalue weighted by Crippen LogP contribution is 2.41. The zero-order chi connectivity index (χ0) is 32.9. The van der Waals surface area contributed by atoms with Gasteiger partial charge in [0, 0.05) is 12.4 Å². The second-order valence-corrected chi connectivity index (χ2v) is 8.91. The van der Waals surface area contributed by atoms with Gasteiger partial charge >= 0.3 is 23.3 Å². The Balaban J connectivity index is 0.000000190. The molecule has 0 saturated carbocycles. The number of nitrogens with two attached hydrogens (primary N) is 1. The van der Waals surface area contributed by atoms with Crippen LogP contribution in [-0.4, -0.2) is 114 Å². The predicted octanol–water partition coefficient (Wildman–Crippen LogP) is -5.01. The van der Waals surface area contributed by atoms with Crippen LogP contribution in [0.25, 0.3) is 0 Å². The number of alkyl halides is 2. The van der Waals surface area contributed by atoms with Crippen LogP contribution in [-0.2, 0) is 9.47 Å². The van der Waals surface area contributed by atoms with Gasteiger partial charge in [-0.2, -0.15) is 23.1 Å². The number of halogens is 3. The van der Waals surface area contributed by atoms with Gasteiger partial charge in [-0.3, -0.25) is 24.3 Å². The fourth-order valence-corrected chi connectivity index (χ4v) is 3.76. The van der Waals surface area contributed by atoms with Gasteiger partial charge in [0.1, 0.15) is 36.6 Å². The van der Waals surface area contributed by atoms with Crippen molar-refractivity contribution in [1.29, 1.82) is 5.41 Å². The van der Waals surface area contributed by atoms with E-state index in [1.807, 2.05) is 4.98 Å². The van der Waals surface area contributed by atoms with Gasteiger partial charge in [-0.15, -0.1) is 0 Å². The highest BCUT2D eigenvalue weighted by molar-refractivity contribution is 5.23. The van der Waals surface area contributed by atoms with Crippen LogP contribution < -0.4 is 28.3 Å². The van der Waals surface area contributed by atoms with Crippen molar-refractivity contribution >= 4 is 5.82 Å². The van der Waals surface area contributed by atoms with Crippen molar-refractivity contribution < 1.29 is 53.3 Å². The molecule has 0 bridgehead atoms. The molecule has 2 aliphatic heterocycles. The zero-order valence-corrected chi connectivity index (χ0v) is 21.9. The SMILES string of the molecule is N=c1ncn([C@@H]2O[C@H](CO)[C@@H](O)[C@@H]2O)c(O)n1.Nc1ccn([C@@H]2O[C@H](CO)[C@@H](O)C2(F)F)c(=O)n1.O=c1[nH]cc(F)c(=O)[nH]1. The van der Waals surface area contributed by atoms with Crippen LogP contribution in [0.5, 0.6) is 6.01 Å². The third-order valence-electron chi connectivity index (χ3n) is 5.97. The lowest BCUT2D eigenvalue weighted by molar-refractivity contribution is -0.140. The molecule has 23 heteroatoms. The summed E-state index contributed by atoms with van der Waals surface area (Å²) in [4.78, 5) is 45.6. The zero-order valence-electron chi connectivity index (χ0n) is 21.9. The maximum Gasteiger partial charge on any atom is 0.351 e. The Morgan fingerprint density at radius 1 is 1.05 bits per heavy atom. The molecule has 3 aromatic heterocycles.